The fourth-order valence-corrected chi connectivity index (χ4v) is 3.36. The topological polar surface area (TPSA) is 38.1 Å². The maximum absolute atomic E-state index is 12.5. The van der Waals surface area contributed by atoms with Gasteiger partial charge in [0.05, 0.1) is 17.4 Å². The maximum Gasteiger partial charge on any atom is 0.245 e. The second-order valence-electron chi connectivity index (χ2n) is 4.75. The smallest absolute Gasteiger partial charge is 0.245 e. The first-order chi connectivity index (χ1) is 9.27. The summed E-state index contributed by atoms with van der Waals surface area (Å²) in [7, 11) is 0. The van der Waals surface area contributed by atoms with Crippen molar-refractivity contribution in [3.63, 3.8) is 0 Å². The van der Waals surface area contributed by atoms with Crippen molar-refractivity contribution >= 4 is 28.7 Å². The van der Waals surface area contributed by atoms with Crippen LogP contribution in [0.5, 0.6) is 0 Å². The minimum Gasteiger partial charge on any atom is -0.339 e. The van der Waals surface area contributed by atoms with Crippen LogP contribution in [0.15, 0.2) is 30.6 Å². The van der Waals surface area contributed by atoms with Crippen LogP contribution in [0.25, 0.3) is 11.0 Å². The van der Waals surface area contributed by atoms with Gasteiger partial charge in [0.15, 0.2) is 0 Å². The van der Waals surface area contributed by atoms with Gasteiger partial charge in [0.25, 0.3) is 0 Å². The summed E-state index contributed by atoms with van der Waals surface area (Å²) in [5.41, 5.74) is 1.96. The fraction of sp³-hybridized carbons (Fsp3) is 0.429. The van der Waals surface area contributed by atoms with E-state index in [9.17, 15) is 4.79 Å². The van der Waals surface area contributed by atoms with Gasteiger partial charge in [-0.3, -0.25) is 4.79 Å². The van der Waals surface area contributed by atoms with Crippen molar-refractivity contribution in [2.24, 2.45) is 0 Å². The number of thioether (sulfide) groups is 1. The van der Waals surface area contributed by atoms with Gasteiger partial charge in [-0.25, -0.2) is 4.98 Å². The van der Waals surface area contributed by atoms with Crippen LogP contribution in [-0.2, 0) is 4.79 Å². The van der Waals surface area contributed by atoms with E-state index in [1.165, 1.54) is 0 Å². The molecule has 0 aliphatic carbocycles. The summed E-state index contributed by atoms with van der Waals surface area (Å²) in [6.07, 6.45) is 1.77. The summed E-state index contributed by atoms with van der Waals surface area (Å²) in [5.74, 6) is 2.29. The summed E-state index contributed by atoms with van der Waals surface area (Å²) in [4.78, 5) is 18.8. The van der Waals surface area contributed by atoms with Crippen LogP contribution in [0, 0.1) is 0 Å². The molecule has 1 atom stereocenters. The summed E-state index contributed by atoms with van der Waals surface area (Å²) >= 11 is 1.91. The van der Waals surface area contributed by atoms with Gasteiger partial charge >= 0.3 is 0 Å². The molecule has 0 spiro atoms. The number of aromatic nitrogens is 2. The van der Waals surface area contributed by atoms with E-state index >= 15 is 0 Å². The molecule has 3 rings (SSSR count). The lowest BCUT2D eigenvalue weighted by atomic mass is 10.2. The molecular weight excluding hydrogens is 258 g/mol. The van der Waals surface area contributed by atoms with Gasteiger partial charge < -0.3 is 9.47 Å². The Labute approximate surface area is 116 Å². The molecule has 2 heterocycles. The van der Waals surface area contributed by atoms with E-state index in [0.717, 1.165) is 35.6 Å². The van der Waals surface area contributed by atoms with Gasteiger partial charge in [-0.05, 0) is 19.1 Å². The molecule has 0 bridgehead atoms. The molecule has 1 aromatic heterocycles. The monoisotopic (exact) mass is 275 g/mol. The minimum atomic E-state index is -0.185. The van der Waals surface area contributed by atoms with Crippen molar-refractivity contribution in [1.82, 2.24) is 14.5 Å². The number of imidazole rings is 1. The fourth-order valence-electron chi connectivity index (χ4n) is 2.45. The third-order valence-electron chi connectivity index (χ3n) is 3.58. The summed E-state index contributed by atoms with van der Waals surface area (Å²) in [5, 5.41) is 0. The second-order valence-corrected chi connectivity index (χ2v) is 5.98. The highest BCUT2D eigenvalue weighted by atomic mass is 32.2. The number of fused-ring (bicyclic) bond motifs is 1. The molecule has 19 heavy (non-hydrogen) atoms. The number of para-hydroxylation sites is 2. The molecule has 0 saturated carbocycles. The molecule has 4 nitrogen and oxygen atoms in total. The Bertz CT molecular complexity index is 589. The van der Waals surface area contributed by atoms with Gasteiger partial charge in [0.2, 0.25) is 5.91 Å². The molecule has 1 aliphatic rings. The molecule has 1 unspecified atom stereocenters. The van der Waals surface area contributed by atoms with Gasteiger partial charge in [-0.1, -0.05) is 12.1 Å². The van der Waals surface area contributed by atoms with Gasteiger partial charge in [-0.15, -0.1) is 0 Å². The first-order valence-corrected chi connectivity index (χ1v) is 7.71. The number of benzene rings is 1. The maximum atomic E-state index is 12.5. The number of nitrogens with zero attached hydrogens (tertiary/aromatic N) is 3. The SMILES string of the molecule is CC(C(=O)N1CCSCC1)n1cnc2ccccc21. The number of hydrogen-bond donors (Lipinski definition) is 0. The van der Waals surface area contributed by atoms with Gasteiger partial charge in [0.1, 0.15) is 6.04 Å². The zero-order valence-electron chi connectivity index (χ0n) is 11.0. The molecule has 1 amide bonds. The standard InChI is InChI=1S/C14H17N3OS/c1-11(14(18)16-6-8-19-9-7-16)17-10-15-12-4-2-3-5-13(12)17/h2-5,10-11H,6-9H2,1H3. The lowest BCUT2D eigenvalue weighted by molar-refractivity contribution is -0.133. The molecule has 100 valence electrons. The van der Waals surface area contributed by atoms with E-state index in [-0.39, 0.29) is 11.9 Å². The van der Waals surface area contributed by atoms with Crippen LogP contribution < -0.4 is 0 Å². The van der Waals surface area contributed by atoms with Crippen LogP contribution in [0.1, 0.15) is 13.0 Å². The Hall–Kier alpha value is -1.49. The van der Waals surface area contributed by atoms with Crippen LogP contribution in [0.4, 0.5) is 0 Å². The predicted octanol–water partition coefficient (Wildman–Crippen LogP) is 2.17. The lowest BCUT2D eigenvalue weighted by Crippen LogP contribution is -2.41. The molecule has 1 aliphatic heterocycles. The van der Waals surface area contributed by atoms with Crippen molar-refractivity contribution in [3.8, 4) is 0 Å². The zero-order chi connectivity index (χ0) is 13.2. The van der Waals surface area contributed by atoms with Crippen LogP contribution in [-0.4, -0.2) is 45.0 Å². The molecular formula is C14H17N3OS. The summed E-state index contributed by atoms with van der Waals surface area (Å²) < 4.78 is 1.97. The minimum absolute atomic E-state index is 0.185. The van der Waals surface area contributed by atoms with E-state index < -0.39 is 0 Å². The van der Waals surface area contributed by atoms with Crippen molar-refractivity contribution in [2.75, 3.05) is 24.6 Å². The highest BCUT2D eigenvalue weighted by Gasteiger charge is 2.24. The number of rotatable bonds is 2. The first-order valence-electron chi connectivity index (χ1n) is 6.55. The zero-order valence-corrected chi connectivity index (χ0v) is 11.8. The number of hydrogen-bond acceptors (Lipinski definition) is 3. The average molecular weight is 275 g/mol. The highest BCUT2D eigenvalue weighted by molar-refractivity contribution is 7.99. The van der Waals surface area contributed by atoms with Gasteiger partial charge in [-0.2, -0.15) is 11.8 Å². The molecule has 2 aromatic rings. The largest absolute Gasteiger partial charge is 0.339 e. The highest BCUT2D eigenvalue weighted by Crippen LogP contribution is 2.20. The molecule has 0 N–H and O–H groups in total. The third kappa shape index (κ3) is 2.34. The Morgan fingerprint density at radius 2 is 2.05 bits per heavy atom. The number of amides is 1. The quantitative estimate of drug-likeness (QED) is 0.843. The van der Waals surface area contributed by atoms with E-state index in [0.29, 0.717) is 0 Å². The third-order valence-corrected chi connectivity index (χ3v) is 4.52. The summed E-state index contributed by atoms with van der Waals surface area (Å²) in [6.45, 7) is 3.68. The van der Waals surface area contributed by atoms with Crippen molar-refractivity contribution in [3.05, 3.63) is 30.6 Å². The lowest BCUT2D eigenvalue weighted by Gasteiger charge is -2.29. The second kappa shape index (κ2) is 5.25. The molecule has 1 saturated heterocycles. The number of carbonyl (C=O) groups is 1. The van der Waals surface area contributed by atoms with E-state index in [4.69, 9.17) is 0 Å². The van der Waals surface area contributed by atoms with E-state index in [1.54, 1.807) is 6.33 Å². The molecule has 1 fully saturated rings. The van der Waals surface area contributed by atoms with Crippen molar-refractivity contribution < 1.29 is 4.79 Å². The predicted molar refractivity (Wildman–Crippen MR) is 78.3 cm³/mol. The Balaban J connectivity index is 1.86. The van der Waals surface area contributed by atoms with Crippen LogP contribution in [0.3, 0.4) is 0 Å². The molecule has 1 aromatic carbocycles. The van der Waals surface area contributed by atoms with Crippen molar-refractivity contribution in [1.29, 1.82) is 0 Å². The van der Waals surface area contributed by atoms with Crippen LogP contribution in [0.2, 0.25) is 0 Å². The van der Waals surface area contributed by atoms with Gasteiger partial charge in [0, 0.05) is 24.6 Å². The van der Waals surface area contributed by atoms with Crippen molar-refractivity contribution in [2.45, 2.75) is 13.0 Å². The van der Waals surface area contributed by atoms with E-state index in [1.807, 2.05) is 52.4 Å². The normalized spacial score (nSPS) is 17.6. The summed E-state index contributed by atoms with van der Waals surface area (Å²) in [6, 6.07) is 7.75. The first kappa shape index (κ1) is 12.5. The number of carbonyl (C=O) groups excluding carboxylic acids is 1. The Kier molecular flexibility index (Phi) is 3.46. The Morgan fingerprint density at radius 3 is 2.84 bits per heavy atom. The molecule has 0 radical (unpaired) electrons. The van der Waals surface area contributed by atoms with E-state index in [2.05, 4.69) is 4.98 Å². The van der Waals surface area contributed by atoms with Crippen LogP contribution >= 0.6 is 11.8 Å². The average Bonchev–Trinajstić information content (AvgIpc) is 2.90. The Morgan fingerprint density at radius 1 is 1.32 bits per heavy atom. The molecule has 5 heteroatoms.